The number of Topliss-reactive ketones (excluding diaryl/α,β-unsaturated/α-hetero) is 1. The highest BCUT2D eigenvalue weighted by Crippen LogP contribution is 2.36. The van der Waals surface area contributed by atoms with Crippen molar-refractivity contribution in [2.75, 3.05) is 0 Å². The smallest absolute Gasteiger partial charge is 0.167 e. The topological polar surface area (TPSA) is 68.3 Å². The fourth-order valence-electron chi connectivity index (χ4n) is 3.16. The van der Waals surface area contributed by atoms with Gasteiger partial charge in [0.05, 0.1) is 5.84 Å². The molecule has 124 valence electrons. The molecule has 2 atom stereocenters. The average Bonchev–Trinajstić information content (AvgIpc) is 2.68. The number of nitrogens with two attached hydrogens (primary N) is 1. The third kappa shape index (κ3) is 2.82. The lowest BCUT2D eigenvalue weighted by Crippen LogP contribution is -2.34. The number of aliphatic imine (C=N–C) groups is 1. The third-order valence-electron chi connectivity index (χ3n) is 4.65. The van der Waals surface area contributed by atoms with Crippen molar-refractivity contribution < 1.29 is 9.18 Å². The van der Waals surface area contributed by atoms with Gasteiger partial charge >= 0.3 is 0 Å². The molecule has 2 unspecified atom stereocenters. The number of hydrogen-bond acceptors (Lipinski definition) is 4. The molecule has 0 spiro atoms. The summed E-state index contributed by atoms with van der Waals surface area (Å²) in [5.74, 6) is -0.0194. The fourth-order valence-corrected chi connectivity index (χ4v) is 3.16. The van der Waals surface area contributed by atoms with Crippen LogP contribution in [0.15, 0.2) is 47.7 Å². The molecular formula is C19H20FN3O. The number of aromatic nitrogens is 1. The van der Waals surface area contributed by atoms with E-state index in [0.29, 0.717) is 35.4 Å². The summed E-state index contributed by atoms with van der Waals surface area (Å²) >= 11 is 0. The maximum atomic E-state index is 14.3. The monoisotopic (exact) mass is 325 g/mol. The lowest BCUT2D eigenvalue weighted by molar-refractivity contribution is -0.127. The van der Waals surface area contributed by atoms with Crippen LogP contribution in [-0.4, -0.2) is 16.6 Å². The number of carbonyl (C=O) groups excluding carboxylic acids is 1. The molecule has 1 aliphatic rings. The van der Waals surface area contributed by atoms with Crippen molar-refractivity contribution in [1.29, 1.82) is 0 Å². The molecule has 2 heterocycles. The normalized spacial score (nSPS) is 24.4. The molecule has 0 amide bonds. The number of ketones is 1. The SMILES string of the molecule is CC1CCC(N)=NC(C)(c2ccc(F)c(-c3ccncc3)c2)C1=O. The summed E-state index contributed by atoms with van der Waals surface area (Å²) in [5.41, 5.74) is 6.66. The van der Waals surface area contributed by atoms with Crippen LogP contribution in [0.3, 0.4) is 0 Å². The van der Waals surface area contributed by atoms with Gasteiger partial charge in [0.1, 0.15) is 11.4 Å². The lowest BCUT2D eigenvalue weighted by Gasteiger charge is -2.26. The van der Waals surface area contributed by atoms with E-state index >= 15 is 0 Å². The number of benzene rings is 1. The molecule has 0 radical (unpaired) electrons. The number of hydrogen-bond donors (Lipinski definition) is 1. The molecule has 24 heavy (non-hydrogen) atoms. The number of halogens is 1. The summed E-state index contributed by atoms with van der Waals surface area (Å²) in [6.07, 6.45) is 4.50. The molecule has 0 saturated carbocycles. The second kappa shape index (κ2) is 6.15. The molecule has 4 nitrogen and oxygen atoms in total. The van der Waals surface area contributed by atoms with E-state index in [9.17, 15) is 9.18 Å². The van der Waals surface area contributed by atoms with Crippen LogP contribution in [0.25, 0.3) is 11.1 Å². The Labute approximate surface area is 140 Å². The minimum absolute atomic E-state index is 0.00948. The summed E-state index contributed by atoms with van der Waals surface area (Å²) in [4.78, 5) is 21.3. The number of nitrogens with zero attached hydrogens (tertiary/aromatic N) is 2. The third-order valence-corrected chi connectivity index (χ3v) is 4.65. The van der Waals surface area contributed by atoms with Crippen LogP contribution in [0, 0.1) is 11.7 Å². The van der Waals surface area contributed by atoms with Crippen molar-refractivity contribution in [3.05, 3.63) is 54.1 Å². The Kier molecular flexibility index (Phi) is 4.18. The van der Waals surface area contributed by atoms with Gasteiger partial charge in [-0.1, -0.05) is 13.0 Å². The molecule has 0 bridgehead atoms. The van der Waals surface area contributed by atoms with Gasteiger partial charge in [-0.3, -0.25) is 14.8 Å². The first-order chi connectivity index (χ1) is 11.4. The van der Waals surface area contributed by atoms with Gasteiger partial charge < -0.3 is 5.73 Å². The molecule has 2 N–H and O–H groups in total. The molecule has 1 aromatic carbocycles. The highest BCUT2D eigenvalue weighted by atomic mass is 19.1. The van der Waals surface area contributed by atoms with Crippen LogP contribution in [0.1, 0.15) is 32.3 Å². The van der Waals surface area contributed by atoms with Gasteiger partial charge in [0.25, 0.3) is 0 Å². The fraction of sp³-hybridized carbons (Fsp3) is 0.316. The van der Waals surface area contributed by atoms with E-state index in [1.54, 1.807) is 43.6 Å². The number of carbonyl (C=O) groups is 1. The van der Waals surface area contributed by atoms with Gasteiger partial charge in [0, 0.05) is 30.3 Å². The lowest BCUT2D eigenvalue weighted by atomic mass is 9.81. The zero-order valence-corrected chi connectivity index (χ0v) is 13.8. The van der Waals surface area contributed by atoms with E-state index in [2.05, 4.69) is 9.98 Å². The Hall–Kier alpha value is -2.56. The highest BCUT2D eigenvalue weighted by molar-refractivity contribution is 5.96. The first-order valence-corrected chi connectivity index (χ1v) is 8.01. The Morgan fingerprint density at radius 3 is 2.67 bits per heavy atom. The van der Waals surface area contributed by atoms with Crippen LogP contribution in [0.5, 0.6) is 0 Å². The van der Waals surface area contributed by atoms with Gasteiger partial charge in [-0.05, 0) is 48.7 Å². The molecule has 0 saturated heterocycles. The molecule has 0 aliphatic carbocycles. The number of amidine groups is 1. The second-order valence-corrected chi connectivity index (χ2v) is 6.41. The van der Waals surface area contributed by atoms with Crippen LogP contribution in [0.4, 0.5) is 4.39 Å². The minimum atomic E-state index is -1.09. The van der Waals surface area contributed by atoms with E-state index in [-0.39, 0.29) is 17.5 Å². The predicted octanol–water partition coefficient (Wildman–Crippen LogP) is 3.46. The number of rotatable bonds is 2. The van der Waals surface area contributed by atoms with Crippen molar-refractivity contribution in [3.8, 4) is 11.1 Å². The summed E-state index contributed by atoms with van der Waals surface area (Å²) in [5, 5.41) is 0. The van der Waals surface area contributed by atoms with Gasteiger partial charge in [0.2, 0.25) is 0 Å². The summed E-state index contributed by atoms with van der Waals surface area (Å²) < 4.78 is 14.3. The van der Waals surface area contributed by atoms with E-state index in [4.69, 9.17) is 5.73 Å². The molecule has 2 aromatic rings. The van der Waals surface area contributed by atoms with E-state index in [1.165, 1.54) is 6.07 Å². The predicted molar refractivity (Wildman–Crippen MR) is 92.0 cm³/mol. The Bertz CT molecular complexity index is 804. The van der Waals surface area contributed by atoms with Crippen molar-refractivity contribution in [2.24, 2.45) is 16.6 Å². The summed E-state index contributed by atoms with van der Waals surface area (Å²) in [6.45, 7) is 3.65. The molecule has 1 aromatic heterocycles. The first-order valence-electron chi connectivity index (χ1n) is 8.01. The quantitative estimate of drug-likeness (QED) is 0.919. The zero-order valence-electron chi connectivity index (χ0n) is 13.8. The molecule has 0 fully saturated rings. The number of pyridine rings is 1. The van der Waals surface area contributed by atoms with Crippen LogP contribution >= 0.6 is 0 Å². The van der Waals surface area contributed by atoms with Crippen molar-refractivity contribution >= 4 is 11.6 Å². The molecule has 3 rings (SSSR count). The van der Waals surface area contributed by atoms with Crippen molar-refractivity contribution in [1.82, 2.24) is 4.98 Å². The van der Waals surface area contributed by atoms with E-state index < -0.39 is 5.54 Å². The zero-order chi connectivity index (χ0) is 17.3. The average molecular weight is 325 g/mol. The first kappa shape index (κ1) is 16.3. The summed E-state index contributed by atoms with van der Waals surface area (Å²) in [6, 6.07) is 8.16. The van der Waals surface area contributed by atoms with Crippen molar-refractivity contribution in [3.63, 3.8) is 0 Å². The molecular weight excluding hydrogens is 305 g/mol. The highest BCUT2D eigenvalue weighted by Gasteiger charge is 2.39. The van der Waals surface area contributed by atoms with Crippen LogP contribution in [-0.2, 0) is 10.3 Å². The Balaban J connectivity index is 2.15. The van der Waals surface area contributed by atoms with Gasteiger partial charge in [-0.2, -0.15) is 0 Å². The molecule has 1 aliphatic heterocycles. The second-order valence-electron chi connectivity index (χ2n) is 6.41. The van der Waals surface area contributed by atoms with Gasteiger partial charge in [-0.25, -0.2) is 4.39 Å². The van der Waals surface area contributed by atoms with Gasteiger partial charge in [0.15, 0.2) is 5.78 Å². The Morgan fingerprint density at radius 2 is 1.96 bits per heavy atom. The van der Waals surface area contributed by atoms with Gasteiger partial charge in [-0.15, -0.1) is 0 Å². The Morgan fingerprint density at radius 1 is 1.25 bits per heavy atom. The van der Waals surface area contributed by atoms with Crippen LogP contribution < -0.4 is 5.73 Å². The molecule has 5 heteroatoms. The minimum Gasteiger partial charge on any atom is -0.387 e. The van der Waals surface area contributed by atoms with Crippen LogP contribution in [0.2, 0.25) is 0 Å². The largest absolute Gasteiger partial charge is 0.387 e. The van der Waals surface area contributed by atoms with Crippen molar-refractivity contribution in [2.45, 2.75) is 32.2 Å². The van der Waals surface area contributed by atoms with E-state index in [0.717, 1.165) is 0 Å². The van der Waals surface area contributed by atoms with E-state index in [1.807, 2.05) is 6.92 Å². The maximum absolute atomic E-state index is 14.3. The summed E-state index contributed by atoms with van der Waals surface area (Å²) in [7, 11) is 0. The maximum Gasteiger partial charge on any atom is 0.167 e. The standard InChI is InChI=1S/C19H20FN3O/c1-12-3-6-17(21)23-19(2,18(12)24)14-4-5-16(20)15(11-14)13-7-9-22-10-8-13/h4-5,7-12H,3,6H2,1-2H3,(H2,21,23).